The number of hydrogen-bond acceptors (Lipinski definition) is 7. The maximum atomic E-state index is 13.2. The second-order valence-electron chi connectivity index (χ2n) is 6.95. The highest BCUT2D eigenvalue weighted by Crippen LogP contribution is 2.31. The van der Waals surface area contributed by atoms with Gasteiger partial charge in [0.1, 0.15) is 10.5 Å². The number of aromatic nitrogens is 2. The largest absolute Gasteiger partial charge is 0.444 e. The highest BCUT2D eigenvalue weighted by Gasteiger charge is 2.25. The van der Waals surface area contributed by atoms with Gasteiger partial charge in [0.25, 0.3) is 5.91 Å². The zero-order chi connectivity index (χ0) is 20.3. The first-order valence-corrected chi connectivity index (χ1v) is 10.2. The highest BCUT2D eigenvalue weighted by atomic mass is 32.1. The molecule has 0 radical (unpaired) electrons. The van der Waals surface area contributed by atoms with Gasteiger partial charge in [0, 0.05) is 11.6 Å². The number of benzene rings is 1. The second kappa shape index (κ2) is 8.07. The van der Waals surface area contributed by atoms with Crippen LogP contribution in [0.2, 0.25) is 0 Å². The summed E-state index contributed by atoms with van der Waals surface area (Å²) >= 11 is 2.45. The Labute approximate surface area is 171 Å². The van der Waals surface area contributed by atoms with Crippen LogP contribution >= 0.6 is 22.7 Å². The van der Waals surface area contributed by atoms with E-state index in [4.69, 9.17) is 4.74 Å². The number of nitrogens with zero attached hydrogens (tertiary/aromatic N) is 3. The molecule has 0 unspecified atom stereocenters. The van der Waals surface area contributed by atoms with Crippen molar-refractivity contribution in [2.75, 3.05) is 10.2 Å². The quantitative estimate of drug-likeness (QED) is 0.629. The summed E-state index contributed by atoms with van der Waals surface area (Å²) in [5, 5.41) is 5.22. The number of rotatable bonds is 4. The minimum atomic E-state index is -0.618. The predicted octanol–water partition coefficient (Wildman–Crippen LogP) is 5.23. The molecule has 0 saturated carbocycles. The summed E-state index contributed by atoms with van der Waals surface area (Å²) in [6, 6.07) is 7.61. The Kier molecular flexibility index (Phi) is 5.76. The summed E-state index contributed by atoms with van der Waals surface area (Å²) in [4.78, 5) is 35.4. The van der Waals surface area contributed by atoms with Gasteiger partial charge >= 0.3 is 6.09 Å². The molecule has 0 bridgehead atoms. The molecule has 28 heavy (non-hydrogen) atoms. The van der Waals surface area contributed by atoms with E-state index < -0.39 is 11.7 Å². The fraction of sp³-hybridized carbons (Fsp3) is 0.263. The SMILES string of the molecule is Cc1ccc(N(C(=O)c2cnc(NC(=O)OC(C)(C)C)s2)c2nccs2)cc1. The van der Waals surface area contributed by atoms with Gasteiger partial charge in [-0.15, -0.1) is 11.3 Å². The molecule has 1 aromatic carbocycles. The molecule has 2 heterocycles. The summed E-state index contributed by atoms with van der Waals surface area (Å²) in [6.45, 7) is 7.31. The minimum absolute atomic E-state index is 0.270. The molecule has 0 fully saturated rings. The minimum Gasteiger partial charge on any atom is -0.444 e. The first-order valence-electron chi connectivity index (χ1n) is 8.49. The van der Waals surface area contributed by atoms with Crippen LogP contribution in [-0.2, 0) is 4.74 Å². The van der Waals surface area contributed by atoms with Gasteiger partial charge in [-0.25, -0.2) is 14.8 Å². The maximum Gasteiger partial charge on any atom is 0.413 e. The van der Waals surface area contributed by atoms with Crippen molar-refractivity contribution >= 4 is 50.6 Å². The van der Waals surface area contributed by atoms with Crippen molar-refractivity contribution in [3.63, 3.8) is 0 Å². The van der Waals surface area contributed by atoms with Crippen LogP contribution in [0, 0.1) is 6.92 Å². The van der Waals surface area contributed by atoms with E-state index in [-0.39, 0.29) is 5.91 Å². The molecular formula is C19H20N4O3S2. The molecule has 2 amide bonds. The topological polar surface area (TPSA) is 84.4 Å². The molecular weight excluding hydrogens is 396 g/mol. The number of aryl methyl sites for hydroxylation is 1. The van der Waals surface area contributed by atoms with Crippen LogP contribution in [0.3, 0.4) is 0 Å². The Hall–Kier alpha value is -2.78. The molecule has 0 aliphatic heterocycles. The lowest BCUT2D eigenvalue weighted by Gasteiger charge is -2.19. The number of ether oxygens (including phenoxy) is 1. The Morgan fingerprint density at radius 3 is 2.46 bits per heavy atom. The van der Waals surface area contributed by atoms with E-state index in [1.807, 2.05) is 36.6 Å². The number of anilines is 3. The third kappa shape index (κ3) is 4.93. The molecule has 0 saturated heterocycles. The van der Waals surface area contributed by atoms with Crippen LogP contribution in [0.5, 0.6) is 0 Å². The Bertz CT molecular complexity index is 960. The third-order valence-corrected chi connectivity index (χ3v) is 5.09. The van der Waals surface area contributed by atoms with Crippen LogP contribution in [0.1, 0.15) is 36.0 Å². The molecule has 2 aromatic heterocycles. The van der Waals surface area contributed by atoms with Gasteiger partial charge in [0.15, 0.2) is 10.3 Å². The van der Waals surface area contributed by atoms with E-state index >= 15 is 0 Å². The standard InChI is InChI=1S/C19H20N4O3S2/c1-12-5-7-13(8-6-12)23(17-20-9-10-27-17)15(24)14-11-21-16(28-14)22-18(25)26-19(2,3)4/h5-11H,1-4H3,(H,21,22,25). The number of thiazole rings is 2. The van der Waals surface area contributed by atoms with E-state index in [1.54, 1.807) is 27.0 Å². The van der Waals surface area contributed by atoms with Gasteiger partial charge in [-0.1, -0.05) is 29.0 Å². The fourth-order valence-corrected chi connectivity index (χ4v) is 3.66. The van der Waals surface area contributed by atoms with Crippen molar-refractivity contribution in [1.29, 1.82) is 0 Å². The lowest BCUT2D eigenvalue weighted by Crippen LogP contribution is -2.27. The maximum absolute atomic E-state index is 13.2. The van der Waals surface area contributed by atoms with Gasteiger partial charge in [0.05, 0.1) is 11.9 Å². The smallest absolute Gasteiger partial charge is 0.413 e. The van der Waals surface area contributed by atoms with Crippen molar-refractivity contribution in [3.05, 3.63) is 52.5 Å². The third-order valence-electron chi connectivity index (χ3n) is 3.43. The second-order valence-corrected chi connectivity index (χ2v) is 8.85. The molecule has 7 nitrogen and oxygen atoms in total. The monoisotopic (exact) mass is 416 g/mol. The van der Waals surface area contributed by atoms with E-state index in [9.17, 15) is 9.59 Å². The number of carbonyl (C=O) groups excluding carboxylic acids is 2. The lowest BCUT2D eigenvalue weighted by molar-refractivity contribution is 0.0635. The van der Waals surface area contributed by atoms with Crippen molar-refractivity contribution in [3.8, 4) is 0 Å². The van der Waals surface area contributed by atoms with Crippen molar-refractivity contribution in [2.45, 2.75) is 33.3 Å². The molecule has 0 aliphatic rings. The molecule has 1 N–H and O–H groups in total. The van der Waals surface area contributed by atoms with Gasteiger partial charge in [-0.2, -0.15) is 0 Å². The van der Waals surface area contributed by atoms with Crippen molar-refractivity contribution in [1.82, 2.24) is 9.97 Å². The normalized spacial score (nSPS) is 11.1. The zero-order valence-electron chi connectivity index (χ0n) is 15.9. The molecule has 146 valence electrons. The fourth-order valence-electron chi connectivity index (χ4n) is 2.27. The summed E-state index contributed by atoms with van der Waals surface area (Å²) in [5.74, 6) is -0.270. The zero-order valence-corrected chi connectivity index (χ0v) is 17.6. The highest BCUT2D eigenvalue weighted by molar-refractivity contribution is 7.18. The Morgan fingerprint density at radius 1 is 1.14 bits per heavy atom. The number of hydrogen-bond donors (Lipinski definition) is 1. The summed E-state index contributed by atoms with van der Waals surface area (Å²) in [7, 11) is 0. The number of amides is 2. The van der Waals surface area contributed by atoms with Gasteiger partial charge in [-0.05, 0) is 39.8 Å². The van der Waals surface area contributed by atoms with Gasteiger partial charge in [-0.3, -0.25) is 15.0 Å². The lowest BCUT2D eigenvalue weighted by atomic mass is 10.2. The van der Waals surface area contributed by atoms with Crippen LogP contribution < -0.4 is 10.2 Å². The molecule has 0 aliphatic carbocycles. The van der Waals surface area contributed by atoms with E-state index in [0.29, 0.717) is 20.8 Å². The summed E-state index contributed by atoms with van der Waals surface area (Å²) < 4.78 is 5.21. The van der Waals surface area contributed by atoms with E-state index in [1.165, 1.54) is 22.4 Å². The van der Waals surface area contributed by atoms with E-state index in [0.717, 1.165) is 16.9 Å². The first-order chi connectivity index (χ1) is 13.2. The molecule has 9 heteroatoms. The van der Waals surface area contributed by atoms with Crippen LogP contribution in [-0.4, -0.2) is 27.6 Å². The summed E-state index contributed by atoms with van der Waals surface area (Å²) in [5.41, 5.74) is 1.19. The van der Waals surface area contributed by atoms with Gasteiger partial charge in [0.2, 0.25) is 0 Å². The molecule has 3 rings (SSSR count). The Morgan fingerprint density at radius 2 is 1.86 bits per heavy atom. The van der Waals surface area contributed by atoms with E-state index in [2.05, 4.69) is 15.3 Å². The molecule has 0 atom stereocenters. The van der Waals surface area contributed by atoms with Crippen molar-refractivity contribution < 1.29 is 14.3 Å². The Balaban J connectivity index is 1.83. The molecule has 3 aromatic rings. The average molecular weight is 417 g/mol. The first kappa shape index (κ1) is 20.0. The number of carbonyl (C=O) groups is 2. The average Bonchev–Trinajstić information content (AvgIpc) is 3.27. The van der Waals surface area contributed by atoms with Crippen LogP contribution in [0.4, 0.5) is 20.7 Å². The number of nitrogens with one attached hydrogen (secondary N) is 1. The predicted molar refractivity (Wildman–Crippen MR) is 112 cm³/mol. The van der Waals surface area contributed by atoms with Crippen LogP contribution in [0.25, 0.3) is 0 Å². The van der Waals surface area contributed by atoms with Crippen LogP contribution in [0.15, 0.2) is 42.0 Å². The molecule has 0 spiro atoms. The van der Waals surface area contributed by atoms with Crippen molar-refractivity contribution in [2.24, 2.45) is 0 Å². The summed E-state index contributed by atoms with van der Waals surface area (Å²) in [6.07, 6.45) is 2.47. The van der Waals surface area contributed by atoms with Gasteiger partial charge < -0.3 is 4.74 Å².